The van der Waals surface area contributed by atoms with Crippen molar-refractivity contribution in [1.82, 2.24) is 19.7 Å². The smallest absolute Gasteiger partial charge is 0.225 e. The van der Waals surface area contributed by atoms with Gasteiger partial charge in [-0.25, -0.2) is 0 Å². The van der Waals surface area contributed by atoms with Crippen LogP contribution in [0.25, 0.3) is 0 Å². The molecule has 0 saturated carbocycles. The molecule has 3 heterocycles. The predicted octanol–water partition coefficient (Wildman–Crippen LogP) is 2.07. The van der Waals surface area contributed by atoms with Crippen LogP contribution in [0.15, 0.2) is 49.0 Å². The number of likely N-dealkylation sites (tertiary alicyclic amines) is 1. The minimum atomic E-state index is 0.159. The predicted molar refractivity (Wildman–Crippen MR) is 106 cm³/mol. The monoisotopic (exact) mass is 370 g/mol. The Morgan fingerprint density at radius 1 is 1.11 bits per heavy atom. The first kappa shape index (κ1) is 19.6. The van der Waals surface area contributed by atoms with E-state index in [1.165, 1.54) is 5.56 Å². The van der Waals surface area contributed by atoms with Crippen molar-refractivity contribution in [3.8, 4) is 0 Å². The highest BCUT2D eigenvalue weighted by atomic mass is 16.2. The van der Waals surface area contributed by atoms with Gasteiger partial charge in [0.25, 0.3) is 0 Å². The highest BCUT2D eigenvalue weighted by molar-refractivity contribution is 5.79. The zero-order valence-electron chi connectivity index (χ0n) is 16.0. The Morgan fingerprint density at radius 3 is 2.37 bits per heavy atom. The summed E-state index contributed by atoms with van der Waals surface area (Å²) in [4.78, 5) is 23.6. The van der Waals surface area contributed by atoms with Gasteiger partial charge in [-0.05, 0) is 49.2 Å². The third kappa shape index (κ3) is 5.40. The van der Waals surface area contributed by atoms with Gasteiger partial charge in [-0.3, -0.25) is 19.6 Å². The molecule has 2 saturated heterocycles. The van der Waals surface area contributed by atoms with Crippen molar-refractivity contribution in [2.24, 2.45) is 5.92 Å². The van der Waals surface area contributed by atoms with Crippen LogP contribution in [0, 0.1) is 5.92 Å². The summed E-state index contributed by atoms with van der Waals surface area (Å²) in [6.07, 6.45) is 8.34. The Kier molecular flexibility index (Phi) is 7.01. The molecule has 3 rings (SSSR count). The number of hydrogen-bond acceptors (Lipinski definition) is 5. The molecule has 27 heavy (non-hydrogen) atoms. The summed E-state index contributed by atoms with van der Waals surface area (Å²) in [6, 6.07) is 4.11. The second kappa shape index (κ2) is 9.67. The molecule has 2 fully saturated rings. The molecule has 0 bridgehead atoms. The van der Waals surface area contributed by atoms with Crippen LogP contribution in [0.2, 0.25) is 0 Å². The van der Waals surface area contributed by atoms with Gasteiger partial charge in [0.15, 0.2) is 0 Å². The van der Waals surface area contributed by atoms with E-state index in [-0.39, 0.29) is 5.92 Å². The van der Waals surface area contributed by atoms with E-state index >= 15 is 0 Å². The highest BCUT2D eigenvalue weighted by Crippen LogP contribution is 2.22. The maximum absolute atomic E-state index is 12.9. The number of amides is 1. The Labute approximate surface area is 161 Å². The maximum atomic E-state index is 12.9. The van der Waals surface area contributed by atoms with Crippen LogP contribution in [0.3, 0.4) is 0 Å². The minimum absolute atomic E-state index is 0.159. The van der Waals surface area contributed by atoms with Crippen LogP contribution >= 0.6 is 0 Å². The molecule has 1 aromatic heterocycles. The second-order valence-electron chi connectivity index (χ2n) is 7.42. The van der Waals surface area contributed by atoms with Crippen molar-refractivity contribution in [2.45, 2.75) is 19.4 Å². The zero-order valence-corrected chi connectivity index (χ0v) is 16.0. The number of carbonyl (C=O) groups is 1. The Hall–Kier alpha value is -2.18. The number of nitrogens with zero attached hydrogens (tertiary/aromatic N) is 4. The van der Waals surface area contributed by atoms with Crippen LogP contribution in [0.4, 0.5) is 0 Å². The van der Waals surface area contributed by atoms with E-state index in [4.69, 9.17) is 5.11 Å². The number of hydrogen-bond donors (Lipinski definition) is 1. The summed E-state index contributed by atoms with van der Waals surface area (Å²) in [5, 5.41) is 9.15. The standard InChI is InChI=1S/C21H30N4O2/c1-2-18(17-26)15-24-11-13-25(14-12-24)21(27)20-5-9-23(10-6-20)16-19-3-7-22-8-4-19/h2-4,7-8,17,20,26H,1,5-6,9-16H2/b18-17+. The summed E-state index contributed by atoms with van der Waals surface area (Å²) < 4.78 is 0. The topological polar surface area (TPSA) is 59.9 Å². The average molecular weight is 370 g/mol. The van der Waals surface area contributed by atoms with Crippen molar-refractivity contribution in [3.05, 3.63) is 54.6 Å². The van der Waals surface area contributed by atoms with Crippen LogP contribution in [-0.2, 0) is 11.3 Å². The van der Waals surface area contributed by atoms with Gasteiger partial charge in [-0.1, -0.05) is 12.7 Å². The highest BCUT2D eigenvalue weighted by Gasteiger charge is 2.30. The summed E-state index contributed by atoms with van der Waals surface area (Å²) >= 11 is 0. The van der Waals surface area contributed by atoms with E-state index in [1.54, 1.807) is 6.08 Å². The Bertz CT molecular complexity index is 645. The SMILES string of the molecule is C=C/C(=C\O)CN1CCN(C(=O)C2CCN(Cc3ccncc3)CC2)CC1. The third-order valence-electron chi connectivity index (χ3n) is 5.61. The van der Waals surface area contributed by atoms with Crippen LogP contribution < -0.4 is 0 Å². The first-order valence-corrected chi connectivity index (χ1v) is 9.77. The fourth-order valence-electron chi connectivity index (χ4n) is 3.89. The first-order valence-electron chi connectivity index (χ1n) is 9.77. The van der Waals surface area contributed by atoms with Crippen molar-refractivity contribution in [3.63, 3.8) is 0 Å². The van der Waals surface area contributed by atoms with E-state index in [0.717, 1.165) is 70.5 Å². The van der Waals surface area contributed by atoms with E-state index in [9.17, 15) is 4.79 Å². The molecule has 1 amide bonds. The molecule has 0 spiro atoms. The van der Waals surface area contributed by atoms with Crippen LogP contribution in [0.1, 0.15) is 18.4 Å². The summed E-state index contributed by atoms with van der Waals surface area (Å²) in [5.41, 5.74) is 2.10. The van der Waals surface area contributed by atoms with Gasteiger partial charge in [0, 0.05) is 57.6 Å². The number of rotatable bonds is 6. The quantitative estimate of drug-likeness (QED) is 0.614. The number of piperazine rings is 1. The molecule has 0 aliphatic carbocycles. The van der Waals surface area contributed by atoms with Gasteiger partial charge in [0.2, 0.25) is 5.91 Å². The van der Waals surface area contributed by atoms with E-state index in [1.807, 2.05) is 17.3 Å². The molecule has 6 heteroatoms. The van der Waals surface area contributed by atoms with Crippen molar-refractivity contribution in [1.29, 1.82) is 0 Å². The number of piperidine rings is 1. The lowest BCUT2D eigenvalue weighted by Crippen LogP contribution is -2.51. The molecule has 1 N–H and O–H groups in total. The molecule has 0 aromatic carbocycles. The average Bonchev–Trinajstić information content (AvgIpc) is 2.73. The summed E-state index contributed by atoms with van der Waals surface area (Å²) in [7, 11) is 0. The Balaban J connectivity index is 1.41. The van der Waals surface area contributed by atoms with Crippen molar-refractivity contribution >= 4 is 5.91 Å². The molecule has 146 valence electrons. The summed E-state index contributed by atoms with van der Waals surface area (Å²) in [6.45, 7) is 10.5. The number of aromatic nitrogens is 1. The summed E-state index contributed by atoms with van der Waals surface area (Å²) in [5.74, 6) is 0.478. The minimum Gasteiger partial charge on any atom is -0.515 e. The van der Waals surface area contributed by atoms with Gasteiger partial charge in [0.05, 0.1) is 6.26 Å². The van der Waals surface area contributed by atoms with Crippen LogP contribution in [0.5, 0.6) is 0 Å². The lowest BCUT2D eigenvalue weighted by atomic mass is 9.94. The molecule has 2 aliphatic heterocycles. The molecular weight excluding hydrogens is 340 g/mol. The number of pyridine rings is 1. The molecule has 0 atom stereocenters. The number of aliphatic hydroxyl groups is 1. The first-order chi connectivity index (χ1) is 13.2. The third-order valence-corrected chi connectivity index (χ3v) is 5.61. The maximum Gasteiger partial charge on any atom is 0.225 e. The number of carbonyl (C=O) groups excluding carboxylic acids is 1. The van der Waals surface area contributed by atoms with Gasteiger partial charge in [-0.15, -0.1) is 0 Å². The molecule has 0 unspecified atom stereocenters. The van der Waals surface area contributed by atoms with Crippen molar-refractivity contribution < 1.29 is 9.90 Å². The van der Waals surface area contributed by atoms with Crippen LogP contribution in [-0.4, -0.2) is 76.5 Å². The molecular formula is C21H30N4O2. The fraction of sp³-hybridized carbons (Fsp3) is 0.524. The van der Waals surface area contributed by atoms with E-state index < -0.39 is 0 Å². The molecule has 0 radical (unpaired) electrons. The van der Waals surface area contributed by atoms with Gasteiger partial charge in [-0.2, -0.15) is 0 Å². The van der Waals surface area contributed by atoms with Crippen molar-refractivity contribution in [2.75, 3.05) is 45.8 Å². The molecule has 6 nitrogen and oxygen atoms in total. The molecule has 2 aliphatic rings. The normalized spacial score (nSPS) is 20.6. The van der Waals surface area contributed by atoms with Gasteiger partial charge in [0.1, 0.15) is 0 Å². The number of aliphatic hydroxyl groups excluding tert-OH is 1. The zero-order chi connectivity index (χ0) is 19.1. The lowest BCUT2D eigenvalue weighted by molar-refractivity contribution is -0.138. The largest absolute Gasteiger partial charge is 0.515 e. The lowest BCUT2D eigenvalue weighted by Gasteiger charge is -2.38. The Morgan fingerprint density at radius 2 is 1.78 bits per heavy atom. The molecule has 1 aromatic rings. The second-order valence-corrected chi connectivity index (χ2v) is 7.42. The van der Waals surface area contributed by atoms with E-state index in [2.05, 4.69) is 33.5 Å². The van der Waals surface area contributed by atoms with Gasteiger partial charge >= 0.3 is 0 Å². The fourth-order valence-corrected chi connectivity index (χ4v) is 3.89. The van der Waals surface area contributed by atoms with Gasteiger partial charge < -0.3 is 10.0 Å². The van der Waals surface area contributed by atoms with E-state index in [0.29, 0.717) is 12.5 Å².